The lowest BCUT2D eigenvalue weighted by molar-refractivity contribution is -0.116. The normalized spacial score (nSPS) is 14.1. The van der Waals surface area contributed by atoms with Crippen molar-refractivity contribution in [3.63, 3.8) is 0 Å². The molecule has 34 heavy (non-hydrogen) atoms. The number of carbonyl (C=O) groups is 2. The van der Waals surface area contributed by atoms with Gasteiger partial charge in [0.05, 0.1) is 11.5 Å². The lowest BCUT2D eigenvalue weighted by atomic mass is 9.90. The Kier molecular flexibility index (Phi) is 7.63. The molecule has 2 amide bonds. The molecule has 1 aliphatic heterocycles. The van der Waals surface area contributed by atoms with Crippen LogP contribution in [0.3, 0.4) is 0 Å². The molecule has 0 saturated carbocycles. The van der Waals surface area contributed by atoms with Gasteiger partial charge in [-0.15, -0.1) is 0 Å². The van der Waals surface area contributed by atoms with E-state index in [9.17, 15) is 9.59 Å². The molecule has 0 spiro atoms. The van der Waals surface area contributed by atoms with Crippen LogP contribution in [0, 0.1) is 0 Å². The Morgan fingerprint density at radius 2 is 1.47 bits per heavy atom. The topological polar surface area (TPSA) is 61.4 Å². The smallest absolute Gasteiger partial charge is 0.253 e. The maximum absolute atomic E-state index is 13.5. The maximum Gasteiger partial charge on any atom is 0.253 e. The number of hydrogen-bond acceptors (Lipinski definition) is 3. The van der Waals surface area contributed by atoms with Crippen LogP contribution < -0.4 is 15.5 Å². The first kappa shape index (κ1) is 23.6. The zero-order valence-electron chi connectivity index (χ0n) is 20.0. The molecule has 1 atom stereocenters. The molecule has 1 heterocycles. The van der Waals surface area contributed by atoms with Gasteiger partial charge in [0, 0.05) is 30.5 Å². The number of benzene rings is 3. The van der Waals surface area contributed by atoms with Crippen molar-refractivity contribution < 1.29 is 9.59 Å². The van der Waals surface area contributed by atoms with E-state index in [1.165, 1.54) is 0 Å². The number of rotatable bonds is 8. The molecule has 4 rings (SSSR count). The quantitative estimate of drug-likeness (QED) is 0.466. The van der Waals surface area contributed by atoms with E-state index in [1.807, 2.05) is 85.8 Å². The molecule has 176 valence electrons. The van der Waals surface area contributed by atoms with Crippen LogP contribution in [-0.4, -0.2) is 30.9 Å². The predicted molar refractivity (Wildman–Crippen MR) is 138 cm³/mol. The molecule has 2 N–H and O–H groups in total. The largest absolute Gasteiger partial charge is 0.371 e. The third-order valence-corrected chi connectivity index (χ3v) is 6.47. The number of nitrogens with one attached hydrogen (secondary N) is 2. The van der Waals surface area contributed by atoms with Crippen molar-refractivity contribution >= 4 is 23.2 Å². The molecule has 1 saturated heterocycles. The summed E-state index contributed by atoms with van der Waals surface area (Å²) in [4.78, 5) is 29.0. The molecule has 3 aromatic rings. The summed E-state index contributed by atoms with van der Waals surface area (Å²) in [7, 11) is 0. The second kappa shape index (κ2) is 11.0. The van der Waals surface area contributed by atoms with E-state index in [-0.39, 0.29) is 17.9 Å². The van der Waals surface area contributed by atoms with Crippen LogP contribution in [0.25, 0.3) is 0 Å². The third kappa shape index (κ3) is 5.48. The molecule has 0 aromatic heterocycles. The first-order chi connectivity index (χ1) is 16.6. The number of amides is 2. The molecule has 1 aliphatic rings. The van der Waals surface area contributed by atoms with Crippen molar-refractivity contribution in [2.75, 3.05) is 23.3 Å². The SMILES string of the molecule is CCC(C)NC(=O)c1cc(NC(=O)C(c2ccccc2)c2ccccc2)ccc1N1CCCC1. The highest BCUT2D eigenvalue weighted by atomic mass is 16.2. The Morgan fingerprint density at radius 3 is 2.03 bits per heavy atom. The highest BCUT2D eigenvalue weighted by Crippen LogP contribution is 2.30. The van der Waals surface area contributed by atoms with Crippen molar-refractivity contribution in [3.05, 3.63) is 95.6 Å². The van der Waals surface area contributed by atoms with Crippen molar-refractivity contribution in [2.24, 2.45) is 0 Å². The monoisotopic (exact) mass is 455 g/mol. The fourth-order valence-electron chi connectivity index (χ4n) is 4.43. The van der Waals surface area contributed by atoms with E-state index < -0.39 is 5.92 Å². The molecule has 1 unspecified atom stereocenters. The van der Waals surface area contributed by atoms with Crippen molar-refractivity contribution in [3.8, 4) is 0 Å². The minimum atomic E-state index is -0.446. The Labute approximate surface area is 202 Å². The first-order valence-corrected chi connectivity index (χ1v) is 12.2. The molecular formula is C29H33N3O2. The second-order valence-corrected chi connectivity index (χ2v) is 8.95. The van der Waals surface area contributed by atoms with E-state index in [1.54, 1.807) is 0 Å². The summed E-state index contributed by atoms with van der Waals surface area (Å²) >= 11 is 0. The van der Waals surface area contributed by atoms with Crippen LogP contribution in [0.4, 0.5) is 11.4 Å². The Morgan fingerprint density at radius 1 is 0.882 bits per heavy atom. The van der Waals surface area contributed by atoms with Crippen LogP contribution in [0.15, 0.2) is 78.9 Å². The molecule has 1 fully saturated rings. The molecule has 5 heteroatoms. The molecule has 0 radical (unpaired) electrons. The number of carbonyl (C=O) groups excluding carboxylic acids is 2. The van der Waals surface area contributed by atoms with Crippen LogP contribution in [0.2, 0.25) is 0 Å². The third-order valence-electron chi connectivity index (χ3n) is 6.47. The van der Waals surface area contributed by atoms with Crippen molar-refractivity contribution in [1.82, 2.24) is 5.32 Å². The molecule has 0 aliphatic carbocycles. The van der Waals surface area contributed by atoms with Gasteiger partial charge >= 0.3 is 0 Å². The lowest BCUT2D eigenvalue weighted by Crippen LogP contribution is -2.33. The minimum absolute atomic E-state index is 0.0812. The predicted octanol–water partition coefficient (Wildman–Crippen LogP) is 5.59. The van der Waals surface area contributed by atoms with Gasteiger partial charge in [0.2, 0.25) is 5.91 Å². The van der Waals surface area contributed by atoms with Crippen LogP contribution in [0.5, 0.6) is 0 Å². The lowest BCUT2D eigenvalue weighted by Gasteiger charge is -2.23. The van der Waals surface area contributed by atoms with E-state index in [2.05, 4.69) is 22.5 Å². The fraction of sp³-hybridized carbons (Fsp3) is 0.310. The van der Waals surface area contributed by atoms with Gasteiger partial charge in [0.1, 0.15) is 0 Å². The zero-order chi connectivity index (χ0) is 23.9. The fourth-order valence-corrected chi connectivity index (χ4v) is 4.43. The number of anilines is 2. The summed E-state index contributed by atoms with van der Waals surface area (Å²) in [6.45, 7) is 5.94. The Bertz CT molecular complexity index is 1070. The van der Waals surface area contributed by atoms with E-state index >= 15 is 0 Å². The highest BCUT2D eigenvalue weighted by molar-refractivity contribution is 6.03. The van der Waals surface area contributed by atoms with Crippen LogP contribution in [-0.2, 0) is 4.79 Å². The molecule has 5 nitrogen and oxygen atoms in total. The minimum Gasteiger partial charge on any atom is -0.371 e. The number of hydrogen-bond donors (Lipinski definition) is 2. The van der Waals surface area contributed by atoms with Gasteiger partial charge in [0.25, 0.3) is 5.91 Å². The maximum atomic E-state index is 13.5. The van der Waals surface area contributed by atoms with Gasteiger partial charge in [-0.1, -0.05) is 67.6 Å². The standard InChI is InChI=1S/C29H33N3O2/c1-3-21(2)30-28(33)25-20-24(16-17-26(25)32-18-10-11-19-32)31-29(34)27(22-12-6-4-7-13-22)23-14-8-5-9-15-23/h4-9,12-17,20-21,27H,3,10-11,18-19H2,1-2H3,(H,30,33)(H,31,34). The van der Waals surface area contributed by atoms with Gasteiger partial charge < -0.3 is 15.5 Å². The average molecular weight is 456 g/mol. The van der Waals surface area contributed by atoms with E-state index in [0.717, 1.165) is 49.2 Å². The van der Waals surface area contributed by atoms with Gasteiger partial charge in [-0.25, -0.2) is 0 Å². The Hall–Kier alpha value is -3.60. The van der Waals surface area contributed by atoms with Gasteiger partial charge in [0.15, 0.2) is 0 Å². The summed E-state index contributed by atoms with van der Waals surface area (Å²) in [5, 5.41) is 6.17. The highest BCUT2D eigenvalue weighted by Gasteiger charge is 2.25. The van der Waals surface area contributed by atoms with Crippen LogP contribution in [0.1, 0.15) is 60.5 Å². The van der Waals surface area contributed by atoms with Crippen molar-refractivity contribution in [1.29, 1.82) is 0 Å². The average Bonchev–Trinajstić information content (AvgIpc) is 3.40. The van der Waals surface area contributed by atoms with Crippen LogP contribution >= 0.6 is 0 Å². The molecular weight excluding hydrogens is 422 g/mol. The molecule has 3 aromatic carbocycles. The summed E-state index contributed by atoms with van der Waals surface area (Å²) in [6.07, 6.45) is 3.11. The number of nitrogens with zero attached hydrogens (tertiary/aromatic N) is 1. The van der Waals surface area contributed by atoms with E-state index in [4.69, 9.17) is 0 Å². The summed E-state index contributed by atoms with van der Waals surface area (Å²) in [5.74, 6) is -0.673. The van der Waals surface area contributed by atoms with Gasteiger partial charge in [-0.3, -0.25) is 9.59 Å². The van der Waals surface area contributed by atoms with E-state index in [0.29, 0.717) is 11.3 Å². The summed E-state index contributed by atoms with van der Waals surface area (Å²) < 4.78 is 0. The summed E-state index contributed by atoms with van der Waals surface area (Å²) in [6, 6.07) is 25.3. The van der Waals surface area contributed by atoms with Crippen molar-refractivity contribution in [2.45, 2.75) is 45.1 Å². The van der Waals surface area contributed by atoms with Gasteiger partial charge in [-0.05, 0) is 55.5 Å². The molecule has 0 bridgehead atoms. The van der Waals surface area contributed by atoms with Gasteiger partial charge in [-0.2, -0.15) is 0 Å². The zero-order valence-corrected chi connectivity index (χ0v) is 20.0. The first-order valence-electron chi connectivity index (χ1n) is 12.2. The second-order valence-electron chi connectivity index (χ2n) is 8.95. The Balaban J connectivity index is 1.64. The summed E-state index contributed by atoms with van der Waals surface area (Å²) in [5.41, 5.74) is 4.01.